The number of nitrogens with zero attached hydrogens (tertiary/aromatic N) is 2. The highest BCUT2D eigenvalue weighted by Gasteiger charge is 2.26. The summed E-state index contributed by atoms with van der Waals surface area (Å²) in [7, 11) is 1.59. The van der Waals surface area contributed by atoms with Crippen LogP contribution >= 0.6 is 0 Å². The van der Waals surface area contributed by atoms with E-state index >= 15 is 0 Å². The number of rotatable bonds is 6. The summed E-state index contributed by atoms with van der Waals surface area (Å²) in [5.41, 5.74) is 0.928. The smallest absolute Gasteiger partial charge is 0.257 e. The third-order valence-electron chi connectivity index (χ3n) is 6.04. The molecule has 2 saturated heterocycles. The average molecular weight is 430 g/mol. The van der Waals surface area contributed by atoms with Crippen molar-refractivity contribution in [2.45, 2.75) is 38.3 Å². The second-order valence-electron chi connectivity index (χ2n) is 8.19. The molecule has 4 rings (SSSR count). The maximum absolute atomic E-state index is 13.9. The van der Waals surface area contributed by atoms with Gasteiger partial charge in [-0.25, -0.2) is 8.78 Å². The number of carbonyl (C=O) groups excluding carboxylic acids is 1. The maximum atomic E-state index is 13.9. The normalized spacial score (nSPS) is 17.7. The van der Waals surface area contributed by atoms with Crippen molar-refractivity contribution in [2.24, 2.45) is 0 Å². The lowest BCUT2D eigenvalue weighted by atomic mass is 10.1. The summed E-state index contributed by atoms with van der Waals surface area (Å²) in [6.45, 7) is 3.34. The second kappa shape index (κ2) is 9.64. The molecular formula is C24H28F2N2O3. The minimum atomic E-state index is -0.428. The van der Waals surface area contributed by atoms with E-state index in [2.05, 4.69) is 4.90 Å². The zero-order valence-electron chi connectivity index (χ0n) is 17.8. The highest BCUT2D eigenvalue weighted by Crippen LogP contribution is 2.30. The number of hydrogen-bond donors (Lipinski definition) is 0. The van der Waals surface area contributed by atoms with Crippen molar-refractivity contribution < 1.29 is 23.0 Å². The summed E-state index contributed by atoms with van der Waals surface area (Å²) in [4.78, 5) is 16.9. The van der Waals surface area contributed by atoms with Crippen molar-refractivity contribution in [3.63, 3.8) is 0 Å². The van der Waals surface area contributed by atoms with Gasteiger partial charge >= 0.3 is 0 Å². The Morgan fingerprint density at radius 2 is 1.77 bits per heavy atom. The third kappa shape index (κ3) is 5.15. The Morgan fingerprint density at radius 3 is 2.48 bits per heavy atom. The van der Waals surface area contributed by atoms with Crippen LogP contribution in [0.1, 0.15) is 41.6 Å². The van der Waals surface area contributed by atoms with Gasteiger partial charge in [-0.3, -0.25) is 9.69 Å². The molecule has 5 nitrogen and oxygen atoms in total. The molecule has 166 valence electrons. The highest BCUT2D eigenvalue weighted by atomic mass is 19.1. The van der Waals surface area contributed by atoms with Crippen LogP contribution in [0.2, 0.25) is 0 Å². The van der Waals surface area contributed by atoms with E-state index in [4.69, 9.17) is 9.47 Å². The van der Waals surface area contributed by atoms with Crippen molar-refractivity contribution >= 4 is 5.91 Å². The first-order valence-electron chi connectivity index (χ1n) is 10.8. The molecule has 2 aromatic carbocycles. The summed E-state index contributed by atoms with van der Waals surface area (Å²) >= 11 is 0. The van der Waals surface area contributed by atoms with Crippen molar-refractivity contribution in [2.75, 3.05) is 33.3 Å². The number of piperidine rings is 1. The Kier molecular flexibility index (Phi) is 6.70. The van der Waals surface area contributed by atoms with Crippen LogP contribution in [0.4, 0.5) is 8.78 Å². The van der Waals surface area contributed by atoms with Gasteiger partial charge in [0, 0.05) is 44.4 Å². The highest BCUT2D eigenvalue weighted by molar-refractivity contribution is 5.97. The Balaban J connectivity index is 1.40. The number of methoxy groups -OCH3 is 1. The number of halogens is 2. The van der Waals surface area contributed by atoms with Crippen LogP contribution in [-0.4, -0.2) is 55.1 Å². The summed E-state index contributed by atoms with van der Waals surface area (Å²) in [5.74, 6) is 0.371. The third-order valence-corrected chi connectivity index (χ3v) is 6.04. The lowest BCUT2D eigenvalue weighted by Crippen LogP contribution is -2.38. The fraction of sp³-hybridized carbons (Fsp3) is 0.458. The molecule has 0 bridgehead atoms. The fourth-order valence-electron chi connectivity index (χ4n) is 4.26. The maximum Gasteiger partial charge on any atom is 0.257 e. The van der Waals surface area contributed by atoms with Crippen molar-refractivity contribution in [1.29, 1.82) is 0 Å². The molecule has 2 heterocycles. The topological polar surface area (TPSA) is 42.0 Å². The van der Waals surface area contributed by atoms with Gasteiger partial charge in [0.2, 0.25) is 0 Å². The number of benzene rings is 2. The van der Waals surface area contributed by atoms with E-state index in [0.29, 0.717) is 42.3 Å². The number of likely N-dealkylation sites (tertiary alicyclic amines) is 2. The van der Waals surface area contributed by atoms with Gasteiger partial charge in [0.05, 0.1) is 12.7 Å². The molecule has 0 unspecified atom stereocenters. The summed E-state index contributed by atoms with van der Waals surface area (Å²) in [6.07, 6.45) is 3.49. The summed E-state index contributed by atoms with van der Waals surface area (Å²) in [6, 6.07) is 8.89. The van der Waals surface area contributed by atoms with Gasteiger partial charge in [0.1, 0.15) is 29.2 Å². The first kappa shape index (κ1) is 21.6. The zero-order valence-corrected chi connectivity index (χ0v) is 17.8. The lowest BCUT2D eigenvalue weighted by molar-refractivity contribution is 0.0764. The standard InChI is InChI=1S/C24H28F2N2O3/c1-30-20-5-6-21(24(29)28-10-2-3-11-28)23(15-20)31-19-8-12-27(13-9-19)16-17-14-18(25)4-7-22(17)26/h4-7,14-15,19H,2-3,8-13,16H2,1H3. The van der Waals surface area contributed by atoms with E-state index in [1.165, 1.54) is 12.1 Å². The predicted octanol–water partition coefficient (Wildman–Crippen LogP) is 4.25. The van der Waals surface area contributed by atoms with Crippen LogP contribution in [0, 0.1) is 11.6 Å². The van der Waals surface area contributed by atoms with E-state index in [9.17, 15) is 13.6 Å². The summed E-state index contributed by atoms with van der Waals surface area (Å²) in [5, 5.41) is 0. The lowest BCUT2D eigenvalue weighted by Gasteiger charge is -2.32. The van der Waals surface area contributed by atoms with E-state index in [0.717, 1.165) is 44.8 Å². The van der Waals surface area contributed by atoms with E-state index in [1.807, 2.05) is 4.90 Å². The summed E-state index contributed by atoms with van der Waals surface area (Å²) < 4.78 is 39.0. The molecular weight excluding hydrogens is 402 g/mol. The molecule has 2 fully saturated rings. The van der Waals surface area contributed by atoms with Gasteiger partial charge in [-0.2, -0.15) is 0 Å². The monoisotopic (exact) mass is 430 g/mol. The van der Waals surface area contributed by atoms with Crippen LogP contribution in [0.15, 0.2) is 36.4 Å². The van der Waals surface area contributed by atoms with Crippen LogP contribution in [0.3, 0.4) is 0 Å². The molecule has 0 aromatic heterocycles. The molecule has 0 aliphatic carbocycles. The van der Waals surface area contributed by atoms with Gasteiger partial charge in [0.25, 0.3) is 5.91 Å². The zero-order chi connectivity index (χ0) is 21.8. The van der Waals surface area contributed by atoms with Crippen molar-refractivity contribution in [3.8, 4) is 11.5 Å². The molecule has 0 radical (unpaired) electrons. The number of amides is 1. The number of carbonyl (C=O) groups is 1. The molecule has 0 N–H and O–H groups in total. The fourth-order valence-corrected chi connectivity index (χ4v) is 4.26. The van der Waals surface area contributed by atoms with Crippen LogP contribution in [0.5, 0.6) is 11.5 Å². The average Bonchev–Trinajstić information content (AvgIpc) is 3.32. The second-order valence-corrected chi connectivity index (χ2v) is 8.19. The molecule has 0 spiro atoms. The molecule has 1 amide bonds. The number of ether oxygens (including phenoxy) is 2. The Bertz CT molecular complexity index is 923. The Labute approximate surface area is 181 Å². The first-order chi connectivity index (χ1) is 15.0. The molecule has 2 aliphatic heterocycles. The molecule has 0 saturated carbocycles. The van der Waals surface area contributed by atoms with E-state index in [1.54, 1.807) is 25.3 Å². The van der Waals surface area contributed by atoms with Gasteiger partial charge < -0.3 is 14.4 Å². The van der Waals surface area contributed by atoms with E-state index < -0.39 is 5.82 Å². The van der Waals surface area contributed by atoms with Crippen LogP contribution < -0.4 is 9.47 Å². The predicted molar refractivity (Wildman–Crippen MR) is 113 cm³/mol. The molecule has 31 heavy (non-hydrogen) atoms. The van der Waals surface area contributed by atoms with Crippen LogP contribution in [0.25, 0.3) is 0 Å². The van der Waals surface area contributed by atoms with Crippen molar-refractivity contribution in [1.82, 2.24) is 9.80 Å². The molecule has 2 aliphatic rings. The first-order valence-corrected chi connectivity index (χ1v) is 10.8. The van der Waals surface area contributed by atoms with Crippen molar-refractivity contribution in [3.05, 3.63) is 59.2 Å². The van der Waals surface area contributed by atoms with Crippen LogP contribution in [-0.2, 0) is 6.54 Å². The van der Waals surface area contributed by atoms with Gasteiger partial charge in [-0.1, -0.05) is 0 Å². The molecule has 2 aromatic rings. The number of hydrogen-bond acceptors (Lipinski definition) is 4. The minimum Gasteiger partial charge on any atom is -0.497 e. The van der Waals surface area contributed by atoms with Gasteiger partial charge in [-0.05, 0) is 56.0 Å². The SMILES string of the molecule is COc1ccc(C(=O)N2CCCC2)c(OC2CCN(Cc3cc(F)ccc3F)CC2)c1. The van der Waals surface area contributed by atoms with Gasteiger partial charge in [0.15, 0.2) is 0 Å². The Morgan fingerprint density at radius 1 is 1.03 bits per heavy atom. The molecule has 7 heteroatoms. The quantitative estimate of drug-likeness (QED) is 0.687. The van der Waals surface area contributed by atoms with E-state index in [-0.39, 0.29) is 17.8 Å². The molecule has 0 atom stereocenters. The largest absolute Gasteiger partial charge is 0.497 e. The van der Waals surface area contributed by atoms with Gasteiger partial charge in [-0.15, -0.1) is 0 Å². The Hall–Kier alpha value is -2.67. The minimum absolute atomic E-state index is 0.00540.